The van der Waals surface area contributed by atoms with Crippen molar-refractivity contribution >= 4 is 6.01 Å². The zero-order valence-corrected chi connectivity index (χ0v) is 16.1. The predicted molar refractivity (Wildman–Crippen MR) is 97.6 cm³/mol. The van der Waals surface area contributed by atoms with Crippen molar-refractivity contribution in [3.8, 4) is 5.88 Å². The number of hydrogen-bond acceptors (Lipinski definition) is 4. The van der Waals surface area contributed by atoms with Crippen LogP contribution in [0.15, 0.2) is 4.42 Å². The average molecular weight is 325 g/mol. The summed E-state index contributed by atoms with van der Waals surface area (Å²) in [7, 11) is 5.58. The summed E-state index contributed by atoms with van der Waals surface area (Å²) in [5.74, 6) is 1.58. The van der Waals surface area contributed by atoms with Gasteiger partial charge in [0.1, 0.15) is 0 Å². The van der Waals surface area contributed by atoms with Gasteiger partial charge in [0.25, 0.3) is 11.9 Å². The molecule has 0 N–H and O–H groups in total. The summed E-state index contributed by atoms with van der Waals surface area (Å²) in [6.45, 7) is 6.81. The van der Waals surface area contributed by atoms with Crippen LogP contribution in [-0.4, -0.2) is 26.2 Å². The molecule has 0 amide bonds. The Bertz CT molecular complexity index is 443. The van der Waals surface area contributed by atoms with Crippen LogP contribution < -0.4 is 9.64 Å². The van der Waals surface area contributed by atoms with E-state index in [9.17, 15) is 0 Å². The van der Waals surface area contributed by atoms with Crippen LogP contribution in [0.1, 0.15) is 84.3 Å². The Hall–Kier alpha value is -1.19. The lowest BCUT2D eigenvalue weighted by Crippen LogP contribution is -2.22. The lowest BCUT2D eigenvalue weighted by Gasteiger charge is -2.27. The predicted octanol–water partition coefficient (Wildman–Crippen LogP) is 5.56. The third-order valence-electron chi connectivity index (χ3n) is 4.62. The first-order valence-corrected chi connectivity index (χ1v) is 9.21. The molecule has 4 nitrogen and oxygen atoms in total. The Morgan fingerprint density at radius 1 is 1.00 bits per heavy atom. The molecule has 4 heteroatoms. The summed E-state index contributed by atoms with van der Waals surface area (Å²) >= 11 is 0. The van der Waals surface area contributed by atoms with Gasteiger partial charge in [0.15, 0.2) is 5.76 Å². The van der Waals surface area contributed by atoms with Gasteiger partial charge in [-0.25, -0.2) is 0 Å². The Morgan fingerprint density at radius 3 is 2.17 bits per heavy atom. The van der Waals surface area contributed by atoms with E-state index in [2.05, 4.69) is 25.8 Å². The van der Waals surface area contributed by atoms with Gasteiger partial charge in [0.05, 0.1) is 7.11 Å². The number of ether oxygens (including phenoxy) is 1. The summed E-state index contributed by atoms with van der Waals surface area (Å²) in [5.41, 5.74) is 0.00876. The van der Waals surface area contributed by atoms with Crippen molar-refractivity contribution in [3.05, 3.63) is 5.76 Å². The van der Waals surface area contributed by atoms with Gasteiger partial charge in [-0.2, -0.15) is 4.98 Å². The number of anilines is 1. The Morgan fingerprint density at radius 2 is 1.61 bits per heavy atom. The standard InChI is InChI=1S/C19H36N2O2/c1-7-9-11-12-13-15-19(3,14-10-8-2)16-17(22-6)20-18(23-16)21(4)5/h7-15H2,1-6H3. The molecule has 0 aliphatic carbocycles. The fraction of sp³-hybridized carbons (Fsp3) is 0.842. The van der Waals surface area contributed by atoms with E-state index in [0.29, 0.717) is 11.9 Å². The molecule has 0 saturated heterocycles. The minimum Gasteiger partial charge on any atom is -0.478 e. The molecule has 1 heterocycles. The van der Waals surface area contributed by atoms with Crippen molar-refractivity contribution in [2.24, 2.45) is 0 Å². The van der Waals surface area contributed by atoms with Gasteiger partial charge in [-0.1, -0.05) is 65.7 Å². The Kier molecular flexibility index (Phi) is 8.49. The lowest BCUT2D eigenvalue weighted by atomic mass is 9.78. The fourth-order valence-corrected chi connectivity index (χ4v) is 3.04. The van der Waals surface area contributed by atoms with E-state index in [4.69, 9.17) is 9.15 Å². The van der Waals surface area contributed by atoms with E-state index in [0.717, 1.165) is 18.6 Å². The first-order chi connectivity index (χ1) is 11.0. The smallest absolute Gasteiger partial charge is 0.300 e. The molecule has 1 rings (SSSR count). The molecule has 0 spiro atoms. The minimum absolute atomic E-state index is 0.00876. The van der Waals surface area contributed by atoms with Gasteiger partial charge in [0, 0.05) is 19.5 Å². The second-order valence-corrected chi connectivity index (χ2v) is 7.06. The van der Waals surface area contributed by atoms with E-state index in [1.165, 1.54) is 44.9 Å². The maximum Gasteiger partial charge on any atom is 0.300 e. The number of unbranched alkanes of at least 4 members (excludes halogenated alkanes) is 5. The van der Waals surface area contributed by atoms with E-state index in [1.807, 2.05) is 19.0 Å². The van der Waals surface area contributed by atoms with Gasteiger partial charge in [-0.05, 0) is 12.8 Å². The van der Waals surface area contributed by atoms with E-state index in [-0.39, 0.29) is 5.41 Å². The third-order valence-corrected chi connectivity index (χ3v) is 4.62. The van der Waals surface area contributed by atoms with Crippen LogP contribution >= 0.6 is 0 Å². The lowest BCUT2D eigenvalue weighted by molar-refractivity contribution is 0.281. The summed E-state index contributed by atoms with van der Waals surface area (Å²) in [6, 6.07) is 0.630. The van der Waals surface area contributed by atoms with E-state index >= 15 is 0 Å². The number of aromatic nitrogens is 1. The minimum atomic E-state index is 0.00876. The highest BCUT2D eigenvalue weighted by molar-refractivity contribution is 5.35. The van der Waals surface area contributed by atoms with Gasteiger partial charge in [-0.15, -0.1) is 0 Å². The van der Waals surface area contributed by atoms with Crippen LogP contribution in [0.5, 0.6) is 5.88 Å². The average Bonchev–Trinajstić information content (AvgIpc) is 2.98. The van der Waals surface area contributed by atoms with Crippen molar-refractivity contribution in [2.75, 3.05) is 26.1 Å². The molecule has 0 fully saturated rings. The van der Waals surface area contributed by atoms with Crippen LogP contribution in [0, 0.1) is 0 Å². The number of methoxy groups -OCH3 is 1. The van der Waals surface area contributed by atoms with Crippen LogP contribution in [0.25, 0.3) is 0 Å². The monoisotopic (exact) mass is 324 g/mol. The number of oxazole rings is 1. The Balaban J connectivity index is 2.90. The molecule has 1 atom stereocenters. The van der Waals surface area contributed by atoms with Gasteiger partial charge >= 0.3 is 0 Å². The number of rotatable bonds is 12. The Labute approximate surface area is 142 Å². The molecule has 0 bridgehead atoms. The molecule has 0 saturated carbocycles. The summed E-state index contributed by atoms with van der Waals surface area (Å²) in [5, 5.41) is 0. The van der Waals surface area contributed by atoms with Gasteiger partial charge in [-0.3, -0.25) is 0 Å². The zero-order valence-electron chi connectivity index (χ0n) is 16.1. The molecule has 134 valence electrons. The molecule has 0 radical (unpaired) electrons. The zero-order chi connectivity index (χ0) is 17.3. The van der Waals surface area contributed by atoms with Crippen LogP contribution in [0.3, 0.4) is 0 Å². The summed E-state index contributed by atoms with van der Waals surface area (Å²) in [4.78, 5) is 6.39. The van der Waals surface area contributed by atoms with Crippen LogP contribution in [-0.2, 0) is 5.41 Å². The fourth-order valence-electron chi connectivity index (χ4n) is 3.04. The van der Waals surface area contributed by atoms with Crippen molar-refractivity contribution in [2.45, 2.75) is 84.0 Å². The molecule has 1 unspecified atom stereocenters. The molecule has 0 aromatic carbocycles. The van der Waals surface area contributed by atoms with Gasteiger partial charge in [0.2, 0.25) is 0 Å². The second kappa shape index (κ2) is 9.84. The van der Waals surface area contributed by atoms with E-state index in [1.54, 1.807) is 7.11 Å². The molecule has 1 aromatic heterocycles. The maximum absolute atomic E-state index is 6.10. The van der Waals surface area contributed by atoms with Crippen LogP contribution in [0.4, 0.5) is 6.01 Å². The molecular formula is C19H36N2O2. The van der Waals surface area contributed by atoms with Crippen molar-refractivity contribution in [1.82, 2.24) is 4.98 Å². The number of nitrogens with zero attached hydrogens (tertiary/aromatic N) is 2. The molecular weight excluding hydrogens is 288 g/mol. The first kappa shape index (κ1) is 19.9. The largest absolute Gasteiger partial charge is 0.478 e. The number of hydrogen-bond donors (Lipinski definition) is 0. The SMILES string of the molecule is CCCCCCCC(C)(CCCC)c1oc(N(C)C)nc1OC. The molecule has 0 aliphatic heterocycles. The highest BCUT2D eigenvalue weighted by Crippen LogP contribution is 2.41. The maximum atomic E-state index is 6.10. The second-order valence-electron chi connectivity index (χ2n) is 7.06. The van der Waals surface area contributed by atoms with Crippen molar-refractivity contribution in [3.63, 3.8) is 0 Å². The molecule has 0 aliphatic rings. The summed E-state index contributed by atoms with van der Waals surface area (Å²) in [6.07, 6.45) is 11.1. The topological polar surface area (TPSA) is 38.5 Å². The van der Waals surface area contributed by atoms with E-state index < -0.39 is 0 Å². The highest BCUT2D eigenvalue weighted by Gasteiger charge is 2.34. The highest BCUT2D eigenvalue weighted by atomic mass is 16.5. The quantitative estimate of drug-likeness (QED) is 0.472. The van der Waals surface area contributed by atoms with Gasteiger partial charge < -0.3 is 14.1 Å². The van der Waals surface area contributed by atoms with Crippen LogP contribution in [0.2, 0.25) is 0 Å². The first-order valence-electron chi connectivity index (χ1n) is 9.21. The van der Waals surface area contributed by atoms with Crippen molar-refractivity contribution < 1.29 is 9.15 Å². The normalized spacial score (nSPS) is 13.8. The third kappa shape index (κ3) is 5.74. The molecule has 23 heavy (non-hydrogen) atoms. The van der Waals surface area contributed by atoms with Crippen molar-refractivity contribution in [1.29, 1.82) is 0 Å². The summed E-state index contributed by atoms with van der Waals surface area (Å²) < 4.78 is 11.6. The molecule has 1 aromatic rings.